The maximum absolute atomic E-state index is 12.2. The second-order valence-corrected chi connectivity index (χ2v) is 6.62. The Labute approximate surface area is 145 Å². The standard InChI is InChI=1S/C15H10Cl2INO2/c16-11-3-1-2-9(15(11)17)7-19-12-6-10(18)4-5-13(12)21-8-14(19)20/h1-6H,7-8H2. The highest BCUT2D eigenvalue weighted by atomic mass is 127. The Kier molecular flexibility index (Phi) is 4.28. The predicted molar refractivity (Wildman–Crippen MR) is 92.3 cm³/mol. The van der Waals surface area contributed by atoms with Gasteiger partial charge in [-0.1, -0.05) is 35.3 Å². The molecule has 2 aromatic rings. The van der Waals surface area contributed by atoms with Crippen molar-refractivity contribution >= 4 is 57.4 Å². The number of fused-ring (bicyclic) bond motifs is 1. The maximum atomic E-state index is 12.2. The van der Waals surface area contributed by atoms with Crippen LogP contribution in [0.15, 0.2) is 36.4 Å². The van der Waals surface area contributed by atoms with E-state index < -0.39 is 0 Å². The predicted octanol–water partition coefficient (Wildman–Crippen LogP) is 4.52. The second kappa shape index (κ2) is 6.02. The summed E-state index contributed by atoms with van der Waals surface area (Å²) in [7, 11) is 0. The Balaban J connectivity index is 2.00. The molecule has 1 aliphatic heterocycles. The van der Waals surface area contributed by atoms with Gasteiger partial charge in [0, 0.05) is 3.57 Å². The van der Waals surface area contributed by atoms with E-state index in [1.807, 2.05) is 30.3 Å². The van der Waals surface area contributed by atoms with Crippen molar-refractivity contribution in [3.8, 4) is 5.75 Å². The minimum atomic E-state index is -0.0967. The minimum absolute atomic E-state index is 0.0335. The number of carbonyl (C=O) groups excluding carboxylic acids is 1. The van der Waals surface area contributed by atoms with Crippen LogP contribution in [0, 0.1) is 3.57 Å². The fourth-order valence-corrected chi connectivity index (χ4v) is 3.04. The molecule has 6 heteroatoms. The van der Waals surface area contributed by atoms with Crippen molar-refractivity contribution in [2.75, 3.05) is 11.5 Å². The number of anilines is 1. The third-order valence-corrected chi connectivity index (χ3v) is 4.75. The molecule has 0 N–H and O–H groups in total. The molecule has 0 aromatic heterocycles. The zero-order valence-electron chi connectivity index (χ0n) is 10.8. The summed E-state index contributed by atoms with van der Waals surface area (Å²) in [6, 6.07) is 11.2. The second-order valence-electron chi connectivity index (χ2n) is 4.59. The van der Waals surface area contributed by atoms with E-state index in [4.69, 9.17) is 27.9 Å². The first-order valence-electron chi connectivity index (χ1n) is 6.22. The smallest absolute Gasteiger partial charge is 0.265 e. The molecule has 1 aliphatic rings. The molecule has 0 atom stereocenters. The van der Waals surface area contributed by atoms with E-state index in [1.165, 1.54) is 0 Å². The van der Waals surface area contributed by atoms with Gasteiger partial charge in [-0.3, -0.25) is 4.79 Å². The molecule has 0 fully saturated rings. The van der Waals surface area contributed by atoms with Crippen molar-refractivity contribution < 1.29 is 9.53 Å². The molecular weight excluding hydrogens is 424 g/mol. The van der Waals surface area contributed by atoms with Gasteiger partial charge in [0.2, 0.25) is 0 Å². The monoisotopic (exact) mass is 433 g/mol. The van der Waals surface area contributed by atoms with Crippen LogP contribution in [0.2, 0.25) is 10.0 Å². The number of carbonyl (C=O) groups is 1. The van der Waals surface area contributed by atoms with Gasteiger partial charge in [0.25, 0.3) is 5.91 Å². The van der Waals surface area contributed by atoms with Crippen LogP contribution >= 0.6 is 45.8 Å². The Bertz CT molecular complexity index is 721. The first-order chi connectivity index (χ1) is 10.1. The number of nitrogens with zero attached hydrogens (tertiary/aromatic N) is 1. The van der Waals surface area contributed by atoms with E-state index in [9.17, 15) is 4.79 Å². The molecule has 3 rings (SSSR count). The van der Waals surface area contributed by atoms with Gasteiger partial charge in [-0.25, -0.2) is 0 Å². The summed E-state index contributed by atoms with van der Waals surface area (Å²) >= 11 is 14.5. The lowest BCUT2D eigenvalue weighted by atomic mass is 10.1. The Morgan fingerprint density at radius 1 is 1.24 bits per heavy atom. The molecule has 0 radical (unpaired) electrons. The fraction of sp³-hybridized carbons (Fsp3) is 0.133. The van der Waals surface area contributed by atoms with Gasteiger partial charge >= 0.3 is 0 Å². The van der Waals surface area contributed by atoms with Gasteiger partial charge in [-0.05, 0) is 52.4 Å². The van der Waals surface area contributed by atoms with Crippen LogP contribution in [0.4, 0.5) is 5.69 Å². The topological polar surface area (TPSA) is 29.5 Å². The number of amides is 1. The van der Waals surface area contributed by atoms with Crippen LogP contribution in [0.1, 0.15) is 5.56 Å². The summed E-state index contributed by atoms with van der Waals surface area (Å²) < 4.78 is 6.49. The normalized spacial score (nSPS) is 13.9. The lowest BCUT2D eigenvalue weighted by molar-refractivity contribution is -0.121. The van der Waals surface area contributed by atoms with Crippen molar-refractivity contribution in [1.29, 1.82) is 0 Å². The fourth-order valence-electron chi connectivity index (χ4n) is 2.19. The molecule has 0 unspecified atom stereocenters. The largest absolute Gasteiger partial charge is 0.482 e. The first-order valence-corrected chi connectivity index (χ1v) is 8.05. The van der Waals surface area contributed by atoms with Crippen LogP contribution in [-0.2, 0) is 11.3 Å². The molecule has 0 saturated carbocycles. The molecule has 0 saturated heterocycles. The highest BCUT2D eigenvalue weighted by Crippen LogP contribution is 2.36. The number of hydrogen-bond acceptors (Lipinski definition) is 2. The summed E-state index contributed by atoms with van der Waals surface area (Å²) in [4.78, 5) is 13.9. The van der Waals surface area contributed by atoms with Crippen molar-refractivity contribution in [1.82, 2.24) is 0 Å². The Morgan fingerprint density at radius 2 is 2.05 bits per heavy atom. The average molecular weight is 434 g/mol. The highest BCUT2D eigenvalue weighted by molar-refractivity contribution is 14.1. The summed E-state index contributed by atoms with van der Waals surface area (Å²) in [6.45, 7) is 0.403. The van der Waals surface area contributed by atoms with Crippen molar-refractivity contribution in [3.05, 3.63) is 55.6 Å². The molecule has 21 heavy (non-hydrogen) atoms. The third kappa shape index (κ3) is 2.98. The SMILES string of the molecule is O=C1COc2ccc(I)cc2N1Cc1cccc(Cl)c1Cl. The Morgan fingerprint density at radius 3 is 2.86 bits per heavy atom. The van der Waals surface area contributed by atoms with Gasteiger partial charge in [-0.2, -0.15) is 0 Å². The number of benzene rings is 2. The van der Waals surface area contributed by atoms with E-state index >= 15 is 0 Å². The number of ether oxygens (including phenoxy) is 1. The summed E-state index contributed by atoms with van der Waals surface area (Å²) in [5.74, 6) is 0.605. The van der Waals surface area contributed by atoms with E-state index in [0.29, 0.717) is 22.3 Å². The van der Waals surface area contributed by atoms with Crippen LogP contribution in [-0.4, -0.2) is 12.5 Å². The average Bonchev–Trinajstić information content (AvgIpc) is 2.46. The lowest BCUT2D eigenvalue weighted by Gasteiger charge is -2.30. The highest BCUT2D eigenvalue weighted by Gasteiger charge is 2.26. The molecule has 3 nitrogen and oxygen atoms in total. The van der Waals surface area contributed by atoms with Gasteiger partial charge in [0.1, 0.15) is 5.75 Å². The maximum Gasteiger partial charge on any atom is 0.265 e. The van der Waals surface area contributed by atoms with Crippen LogP contribution in [0.5, 0.6) is 5.75 Å². The number of rotatable bonds is 2. The first kappa shape index (κ1) is 14.9. The Hall–Kier alpha value is -0.980. The molecule has 0 bridgehead atoms. The molecule has 108 valence electrons. The van der Waals surface area contributed by atoms with Crippen molar-refractivity contribution in [2.45, 2.75) is 6.54 Å². The van der Waals surface area contributed by atoms with Crippen LogP contribution < -0.4 is 9.64 Å². The lowest BCUT2D eigenvalue weighted by Crippen LogP contribution is -2.38. The summed E-state index contributed by atoms with van der Waals surface area (Å²) in [6.07, 6.45) is 0. The van der Waals surface area contributed by atoms with E-state index in [0.717, 1.165) is 14.8 Å². The molecule has 2 aromatic carbocycles. The van der Waals surface area contributed by atoms with Gasteiger partial charge in [0.15, 0.2) is 6.61 Å². The zero-order valence-corrected chi connectivity index (χ0v) is 14.4. The van der Waals surface area contributed by atoms with Crippen molar-refractivity contribution in [3.63, 3.8) is 0 Å². The molecular formula is C15H10Cl2INO2. The van der Waals surface area contributed by atoms with E-state index in [-0.39, 0.29) is 12.5 Å². The van der Waals surface area contributed by atoms with Gasteiger partial charge in [0.05, 0.1) is 22.3 Å². The summed E-state index contributed by atoms with van der Waals surface area (Å²) in [5.41, 5.74) is 1.57. The quantitative estimate of drug-likeness (QED) is 0.651. The third-order valence-electron chi connectivity index (χ3n) is 3.22. The number of hydrogen-bond donors (Lipinski definition) is 0. The van der Waals surface area contributed by atoms with Crippen molar-refractivity contribution in [2.24, 2.45) is 0 Å². The number of halogens is 3. The molecule has 1 heterocycles. The van der Waals surface area contributed by atoms with Crippen LogP contribution in [0.25, 0.3) is 0 Å². The van der Waals surface area contributed by atoms with Gasteiger partial charge in [-0.15, -0.1) is 0 Å². The molecule has 0 aliphatic carbocycles. The summed E-state index contributed by atoms with van der Waals surface area (Å²) in [5, 5.41) is 0.961. The minimum Gasteiger partial charge on any atom is -0.482 e. The van der Waals surface area contributed by atoms with Gasteiger partial charge < -0.3 is 9.64 Å². The van der Waals surface area contributed by atoms with Crippen LogP contribution in [0.3, 0.4) is 0 Å². The zero-order chi connectivity index (χ0) is 15.0. The molecule has 0 spiro atoms. The van der Waals surface area contributed by atoms with E-state index in [1.54, 1.807) is 11.0 Å². The molecule has 1 amide bonds. The van der Waals surface area contributed by atoms with E-state index in [2.05, 4.69) is 22.6 Å².